The van der Waals surface area contributed by atoms with Crippen LogP contribution in [0.4, 0.5) is 5.69 Å². The molecule has 30 heavy (non-hydrogen) atoms. The summed E-state index contributed by atoms with van der Waals surface area (Å²) in [6.07, 6.45) is 3.20. The van der Waals surface area contributed by atoms with Gasteiger partial charge in [-0.15, -0.1) is 0 Å². The summed E-state index contributed by atoms with van der Waals surface area (Å²) in [7, 11) is 0. The summed E-state index contributed by atoms with van der Waals surface area (Å²) >= 11 is 0. The molecule has 1 N–H and O–H groups in total. The van der Waals surface area contributed by atoms with Gasteiger partial charge in [0.05, 0.1) is 0 Å². The van der Waals surface area contributed by atoms with Crippen LogP contribution in [-0.2, 0) is 4.79 Å². The van der Waals surface area contributed by atoms with E-state index in [-0.39, 0.29) is 36.3 Å². The molecular weight excluding hydrogens is 380 g/mol. The van der Waals surface area contributed by atoms with Gasteiger partial charge in [-0.1, -0.05) is 0 Å². The standard InChI is InChI=1S/C24H28N2O4/c1-16-5-4-6-17(2)26(16)23(28)15-30-22-13-9-20(10-14-22)24(29)25-21-11-7-19(8-12-21)18(3)27/h7-14,16-17H,4-6,15H2,1-3H3,(H,25,29). The second-order valence-electron chi connectivity index (χ2n) is 7.83. The van der Waals surface area contributed by atoms with E-state index in [4.69, 9.17) is 4.74 Å². The topological polar surface area (TPSA) is 75.7 Å². The molecular formula is C24H28N2O4. The Hall–Kier alpha value is -3.15. The van der Waals surface area contributed by atoms with Crippen molar-refractivity contribution in [2.45, 2.75) is 52.1 Å². The maximum Gasteiger partial charge on any atom is 0.260 e. The van der Waals surface area contributed by atoms with E-state index in [1.165, 1.54) is 6.92 Å². The number of hydrogen-bond donors (Lipinski definition) is 1. The minimum absolute atomic E-state index is 0.00877. The lowest BCUT2D eigenvalue weighted by Crippen LogP contribution is -2.49. The predicted octanol–water partition coefficient (Wildman–Crippen LogP) is 4.31. The lowest BCUT2D eigenvalue weighted by atomic mass is 9.97. The number of carbonyl (C=O) groups is 3. The molecule has 2 aromatic carbocycles. The number of nitrogens with one attached hydrogen (secondary N) is 1. The Morgan fingerprint density at radius 3 is 2.07 bits per heavy atom. The molecule has 0 bridgehead atoms. The predicted molar refractivity (Wildman–Crippen MR) is 116 cm³/mol. The van der Waals surface area contributed by atoms with E-state index in [9.17, 15) is 14.4 Å². The number of likely N-dealkylation sites (tertiary alicyclic amines) is 1. The SMILES string of the molecule is CC(=O)c1ccc(NC(=O)c2ccc(OCC(=O)N3C(C)CCCC3C)cc2)cc1. The van der Waals surface area contributed by atoms with E-state index >= 15 is 0 Å². The largest absolute Gasteiger partial charge is 0.484 e. The average Bonchev–Trinajstić information content (AvgIpc) is 2.73. The molecule has 1 saturated heterocycles. The van der Waals surface area contributed by atoms with Crippen LogP contribution in [0.25, 0.3) is 0 Å². The highest BCUT2D eigenvalue weighted by atomic mass is 16.5. The van der Waals surface area contributed by atoms with Crippen molar-refractivity contribution in [3.8, 4) is 5.75 Å². The van der Waals surface area contributed by atoms with Gasteiger partial charge in [-0.3, -0.25) is 14.4 Å². The maximum atomic E-state index is 12.6. The summed E-state index contributed by atoms with van der Waals surface area (Å²) in [5.41, 5.74) is 1.68. The number of anilines is 1. The second kappa shape index (κ2) is 9.57. The number of amides is 2. The average molecular weight is 408 g/mol. The highest BCUT2D eigenvalue weighted by Crippen LogP contribution is 2.23. The summed E-state index contributed by atoms with van der Waals surface area (Å²) < 4.78 is 5.65. The Morgan fingerprint density at radius 2 is 1.50 bits per heavy atom. The van der Waals surface area contributed by atoms with E-state index in [1.807, 2.05) is 4.90 Å². The molecule has 6 heteroatoms. The van der Waals surface area contributed by atoms with Gasteiger partial charge in [0.15, 0.2) is 12.4 Å². The minimum atomic E-state index is -0.260. The Bertz CT molecular complexity index is 896. The van der Waals surface area contributed by atoms with Crippen molar-refractivity contribution in [1.29, 1.82) is 0 Å². The van der Waals surface area contributed by atoms with Gasteiger partial charge in [0, 0.05) is 28.9 Å². The number of Topliss-reactive ketones (excluding diaryl/α,β-unsaturated/α-hetero) is 1. The van der Waals surface area contributed by atoms with Crippen LogP contribution in [0, 0.1) is 0 Å². The lowest BCUT2D eigenvalue weighted by Gasteiger charge is -2.38. The second-order valence-corrected chi connectivity index (χ2v) is 7.83. The molecule has 0 radical (unpaired) electrons. The first-order valence-electron chi connectivity index (χ1n) is 10.3. The molecule has 1 aliphatic heterocycles. The molecule has 2 aromatic rings. The van der Waals surface area contributed by atoms with Crippen LogP contribution < -0.4 is 10.1 Å². The first-order chi connectivity index (χ1) is 14.3. The first kappa shape index (κ1) is 21.6. The third-order valence-corrected chi connectivity index (χ3v) is 5.51. The zero-order valence-corrected chi connectivity index (χ0v) is 17.7. The van der Waals surface area contributed by atoms with E-state index in [1.54, 1.807) is 48.5 Å². The third-order valence-electron chi connectivity index (χ3n) is 5.51. The fraction of sp³-hybridized carbons (Fsp3) is 0.375. The minimum Gasteiger partial charge on any atom is -0.484 e. The van der Waals surface area contributed by atoms with Gasteiger partial charge in [0.2, 0.25) is 0 Å². The van der Waals surface area contributed by atoms with Crippen LogP contribution in [0.2, 0.25) is 0 Å². The van der Waals surface area contributed by atoms with E-state index < -0.39 is 0 Å². The van der Waals surface area contributed by atoms with E-state index in [0.717, 1.165) is 19.3 Å². The van der Waals surface area contributed by atoms with E-state index in [2.05, 4.69) is 19.2 Å². The summed E-state index contributed by atoms with van der Waals surface area (Å²) in [4.78, 5) is 38.2. The molecule has 6 nitrogen and oxygen atoms in total. The van der Waals surface area contributed by atoms with Crippen molar-refractivity contribution in [2.75, 3.05) is 11.9 Å². The monoisotopic (exact) mass is 408 g/mol. The van der Waals surface area contributed by atoms with Crippen LogP contribution in [0.3, 0.4) is 0 Å². The molecule has 2 atom stereocenters. The molecule has 2 amide bonds. The Labute approximate surface area is 177 Å². The van der Waals surface area contributed by atoms with Gasteiger partial charge in [-0.05, 0) is 88.6 Å². The van der Waals surface area contributed by atoms with Crippen molar-refractivity contribution in [3.63, 3.8) is 0 Å². The fourth-order valence-electron chi connectivity index (χ4n) is 3.83. The van der Waals surface area contributed by atoms with Gasteiger partial charge >= 0.3 is 0 Å². The van der Waals surface area contributed by atoms with Crippen molar-refractivity contribution in [2.24, 2.45) is 0 Å². The Kier molecular flexibility index (Phi) is 6.87. The van der Waals surface area contributed by atoms with Gasteiger partial charge < -0.3 is 15.0 Å². The van der Waals surface area contributed by atoms with Crippen molar-refractivity contribution in [3.05, 3.63) is 59.7 Å². The number of benzene rings is 2. The number of piperidine rings is 1. The highest BCUT2D eigenvalue weighted by molar-refractivity contribution is 6.04. The maximum absolute atomic E-state index is 12.6. The summed E-state index contributed by atoms with van der Waals surface area (Å²) in [5.74, 6) is 0.254. The molecule has 1 fully saturated rings. The van der Waals surface area contributed by atoms with Gasteiger partial charge in [-0.2, -0.15) is 0 Å². The Morgan fingerprint density at radius 1 is 0.933 bits per heavy atom. The number of ketones is 1. The van der Waals surface area contributed by atoms with Crippen LogP contribution in [0.1, 0.15) is 60.7 Å². The molecule has 158 valence electrons. The van der Waals surface area contributed by atoms with Crippen molar-refractivity contribution >= 4 is 23.3 Å². The third kappa shape index (κ3) is 5.26. The molecule has 0 aliphatic carbocycles. The van der Waals surface area contributed by atoms with Gasteiger partial charge in [-0.25, -0.2) is 0 Å². The molecule has 1 heterocycles. The molecule has 1 aliphatic rings. The highest BCUT2D eigenvalue weighted by Gasteiger charge is 2.28. The smallest absolute Gasteiger partial charge is 0.260 e. The zero-order valence-electron chi connectivity index (χ0n) is 17.7. The van der Waals surface area contributed by atoms with Crippen LogP contribution >= 0.6 is 0 Å². The molecule has 2 unspecified atom stereocenters. The molecule has 0 saturated carbocycles. The number of nitrogens with zero attached hydrogens (tertiary/aromatic N) is 1. The molecule has 0 spiro atoms. The van der Waals surface area contributed by atoms with Gasteiger partial charge in [0.25, 0.3) is 11.8 Å². The fourth-order valence-corrected chi connectivity index (χ4v) is 3.83. The lowest BCUT2D eigenvalue weighted by molar-refractivity contribution is -0.139. The number of rotatable bonds is 6. The van der Waals surface area contributed by atoms with Crippen LogP contribution in [-0.4, -0.2) is 41.2 Å². The quantitative estimate of drug-likeness (QED) is 0.723. The van der Waals surface area contributed by atoms with Crippen molar-refractivity contribution in [1.82, 2.24) is 4.90 Å². The van der Waals surface area contributed by atoms with Gasteiger partial charge in [0.1, 0.15) is 5.75 Å². The summed E-state index contributed by atoms with van der Waals surface area (Å²) in [5, 5.41) is 2.79. The normalized spacial score (nSPS) is 18.6. The summed E-state index contributed by atoms with van der Waals surface area (Å²) in [6, 6.07) is 13.9. The summed E-state index contributed by atoms with van der Waals surface area (Å²) in [6.45, 7) is 5.64. The Balaban J connectivity index is 1.54. The molecule has 0 aromatic heterocycles. The first-order valence-corrected chi connectivity index (χ1v) is 10.3. The molecule has 3 rings (SSSR count). The van der Waals surface area contributed by atoms with E-state index in [0.29, 0.717) is 22.6 Å². The van der Waals surface area contributed by atoms with Crippen molar-refractivity contribution < 1.29 is 19.1 Å². The van der Waals surface area contributed by atoms with Crippen LogP contribution in [0.15, 0.2) is 48.5 Å². The zero-order chi connectivity index (χ0) is 21.7. The number of hydrogen-bond acceptors (Lipinski definition) is 4. The number of carbonyl (C=O) groups excluding carboxylic acids is 3. The van der Waals surface area contributed by atoms with Crippen LogP contribution in [0.5, 0.6) is 5.75 Å². The number of ether oxygens (including phenoxy) is 1.